The summed E-state index contributed by atoms with van der Waals surface area (Å²) in [4.78, 5) is 17.0. The maximum Gasteiger partial charge on any atom is 0.311 e. The van der Waals surface area contributed by atoms with Gasteiger partial charge in [-0.1, -0.05) is 6.92 Å². The van der Waals surface area contributed by atoms with Crippen LogP contribution in [0.2, 0.25) is 0 Å². The minimum atomic E-state index is -0.885. The van der Waals surface area contributed by atoms with Crippen molar-refractivity contribution in [1.29, 1.82) is 0 Å². The quantitative estimate of drug-likeness (QED) is 0.829. The molecule has 0 bridgehead atoms. The largest absolute Gasteiger partial charge is 0.481 e. The fraction of sp³-hybridized carbons (Fsp3) is 0.636. The summed E-state index contributed by atoms with van der Waals surface area (Å²) in [6.07, 6.45) is 2.48. The first-order valence-corrected chi connectivity index (χ1v) is 5.57. The van der Waals surface area contributed by atoms with Gasteiger partial charge in [0.15, 0.2) is 5.89 Å². The highest BCUT2D eigenvalue weighted by atomic mass is 16.4. The summed E-state index contributed by atoms with van der Waals surface area (Å²) >= 11 is 0. The molecule has 88 valence electrons. The van der Waals surface area contributed by atoms with E-state index in [0.717, 1.165) is 26.1 Å². The Morgan fingerprint density at radius 3 is 3.19 bits per heavy atom. The minimum Gasteiger partial charge on any atom is -0.481 e. The SMILES string of the molecule is CCN1CCC(c2ncc(CC(=O)O)o2)C1. The van der Waals surface area contributed by atoms with Gasteiger partial charge >= 0.3 is 5.97 Å². The van der Waals surface area contributed by atoms with Gasteiger partial charge in [0.1, 0.15) is 12.2 Å². The van der Waals surface area contributed by atoms with E-state index in [-0.39, 0.29) is 6.42 Å². The van der Waals surface area contributed by atoms with Gasteiger partial charge in [-0.25, -0.2) is 4.98 Å². The third-order valence-electron chi connectivity index (χ3n) is 2.97. The molecule has 5 heteroatoms. The predicted molar refractivity (Wildman–Crippen MR) is 57.3 cm³/mol. The smallest absolute Gasteiger partial charge is 0.311 e. The molecule has 2 heterocycles. The average Bonchev–Trinajstić information content (AvgIpc) is 2.83. The number of hydrogen-bond donors (Lipinski definition) is 1. The second-order valence-electron chi connectivity index (χ2n) is 4.11. The topological polar surface area (TPSA) is 66.6 Å². The lowest BCUT2D eigenvalue weighted by Gasteiger charge is -2.10. The summed E-state index contributed by atoms with van der Waals surface area (Å²) in [5, 5.41) is 8.63. The zero-order valence-electron chi connectivity index (χ0n) is 9.35. The molecule has 16 heavy (non-hydrogen) atoms. The normalized spacial score (nSPS) is 21.4. The number of carbonyl (C=O) groups is 1. The summed E-state index contributed by atoms with van der Waals surface area (Å²) < 4.78 is 5.45. The lowest BCUT2D eigenvalue weighted by molar-refractivity contribution is -0.136. The number of likely N-dealkylation sites (N-methyl/N-ethyl adjacent to an activating group) is 1. The molecular weight excluding hydrogens is 208 g/mol. The maximum atomic E-state index is 10.5. The van der Waals surface area contributed by atoms with Crippen molar-refractivity contribution in [1.82, 2.24) is 9.88 Å². The number of oxazole rings is 1. The zero-order chi connectivity index (χ0) is 11.5. The number of hydrogen-bond acceptors (Lipinski definition) is 4. The number of aliphatic carboxylic acids is 1. The van der Waals surface area contributed by atoms with Crippen LogP contribution in [0.4, 0.5) is 0 Å². The molecular formula is C11H16N2O3. The summed E-state index contributed by atoms with van der Waals surface area (Å²) in [5.41, 5.74) is 0. The Morgan fingerprint density at radius 2 is 2.56 bits per heavy atom. The van der Waals surface area contributed by atoms with Crippen LogP contribution in [0.15, 0.2) is 10.6 Å². The van der Waals surface area contributed by atoms with Crippen LogP contribution in [0.1, 0.15) is 30.9 Å². The molecule has 1 fully saturated rings. The van der Waals surface area contributed by atoms with Gasteiger partial charge in [-0.05, 0) is 19.5 Å². The van der Waals surface area contributed by atoms with E-state index >= 15 is 0 Å². The van der Waals surface area contributed by atoms with E-state index < -0.39 is 5.97 Å². The van der Waals surface area contributed by atoms with Gasteiger partial charge in [0, 0.05) is 12.5 Å². The van der Waals surface area contributed by atoms with E-state index in [9.17, 15) is 4.79 Å². The average molecular weight is 224 g/mol. The number of likely N-dealkylation sites (tertiary alicyclic amines) is 1. The fourth-order valence-electron chi connectivity index (χ4n) is 2.06. The van der Waals surface area contributed by atoms with Gasteiger partial charge in [-0.3, -0.25) is 4.79 Å². The fourth-order valence-corrected chi connectivity index (χ4v) is 2.06. The van der Waals surface area contributed by atoms with Crippen LogP contribution >= 0.6 is 0 Å². The summed E-state index contributed by atoms with van der Waals surface area (Å²) in [7, 11) is 0. The van der Waals surface area contributed by atoms with Crippen LogP contribution < -0.4 is 0 Å². The molecule has 1 aliphatic rings. The molecule has 5 nitrogen and oxygen atoms in total. The van der Waals surface area contributed by atoms with Crippen LogP contribution in [-0.2, 0) is 11.2 Å². The third kappa shape index (κ3) is 2.41. The first-order valence-electron chi connectivity index (χ1n) is 5.57. The van der Waals surface area contributed by atoms with Gasteiger partial charge in [0.25, 0.3) is 0 Å². The Bertz CT molecular complexity index is 375. The maximum absolute atomic E-state index is 10.5. The second kappa shape index (κ2) is 4.65. The Balaban J connectivity index is 1.99. The van der Waals surface area contributed by atoms with Crippen molar-refractivity contribution in [2.24, 2.45) is 0 Å². The van der Waals surface area contributed by atoms with E-state index in [2.05, 4.69) is 16.8 Å². The second-order valence-corrected chi connectivity index (χ2v) is 4.11. The van der Waals surface area contributed by atoms with E-state index in [1.165, 1.54) is 6.20 Å². The van der Waals surface area contributed by atoms with Crippen LogP contribution in [0.25, 0.3) is 0 Å². The van der Waals surface area contributed by atoms with Crippen LogP contribution in [0.5, 0.6) is 0 Å². The van der Waals surface area contributed by atoms with Crippen molar-refractivity contribution in [3.8, 4) is 0 Å². The van der Waals surface area contributed by atoms with Crippen molar-refractivity contribution in [3.05, 3.63) is 17.8 Å². The molecule has 0 aromatic carbocycles. The van der Waals surface area contributed by atoms with E-state index in [0.29, 0.717) is 17.6 Å². The van der Waals surface area contributed by atoms with E-state index in [1.807, 2.05) is 0 Å². The Labute approximate surface area is 94.1 Å². The number of carboxylic acid groups (broad SMARTS) is 1. The number of carboxylic acids is 1. The molecule has 1 aromatic heterocycles. The predicted octanol–water partition coefficient (Wildman–Crippen LogP) is 1.11. The lowest BCUT2D eigenvalue weighted by Crippen LogP contribution is -2.19. The van der Waals surface area contributed by atoms with Gasteiger partial charge in [-0.2, -0.15) is 0 Å². The van der Waals surface area contributed by atoms with Crippen molar-refractivity contribution in [2.45, 2.75) is 25.7 Å². The van der Waals surface area contributed by atoms with E-state index in [4.69, 9.17) is 9.52 Å². The van der Waals surface area contributed by atoms with Crippen molar-refractivity contribution < 1.29 is 14.3 Å². The van der Waals surface area contributed by atoms with Crippen LogP contribution in [0.3, 0.4) is 0 Å². The van der Waals surface area contributed by atoms with Crippen LogP contribution in [-0.4, -0.2) is 40.6 Å². The molecule has 1 unspecified atom stereocenters. The Morgan fingerprint density at radius 1 is 1.75 bits per heavy atom. The monoisotopic (exact) mass is 224 g/mol. The van der Waals surface area contributed by atoms with Crippen molar-refractivity contribution >= 4 is 5.97 Å². The number of rotatable bonds is 4. The molecule has 2 rings (SSSR count). The molecule has 0 aliphatic carbocycles. The standard InChI is InChI=1S/C11H16N2O3/c1-2-13-4-3-8(7-13)11-12-6-9(16-11)5-10(14)15/h6,8H,2-5,7H2,1H3,(H,14,15). The van der Waals surface area contributed by atoms with Crippen molar-refractivity contribution in [3.63, 3.8) is 0 Å². The van der Waals surface area contributed by atoms with Gasteiger partial charge in [0.05, 0.1) is 6.20 Å². The Hall–Kier alpha value is -1.36. The van der Waals surface area contributed by atoms with Gasteiger partial charge in [0.2, 0.25) is 0 Å². The molecule has 1 atom stereocenters. The molecule has 0 amide bonds. The summed E-state index contributed by atoms with van der Waals surface area (Å²) in [6, 6.07) is 0. The van der Waals surface area contributed by atoms with Gasteiger partial charge < -0.3 is 14.4 Å². The minimum absolute atomic E-state index is 0.0861. The third-order valence-corrected chi connectivity index (χ3v) is 2.97. The first-order chi connectivity index (χ1) is 7.69. The molecule has 0 spiro atoms. The van der Waals surface area contributed by atoms with Crippen LogP contribution in [0, 0.1) is 0 Å². The van der Waals surface area contributed by atoms with Gasteiger partial charge in [-0.15, -0.1) is 0 Å². The molecule has 1 saturated heterocycles. The summed E-state index contributed by atoms with van der Waals surface area (Å²) in [5.74, 6) is 0.566. The van der Waals surface area contributed by atoms with E-state index in [1.54, 1.807) is 0 Å². The molecule has 0 radical (unpaired) electrons. The molecule has 0 saturated carbocycles. The molecule has 1 N–H and O–H groups in total. The number of aromatic nitrogens is 1. The first kappa shape index (κ1) is 11.1. The molecule has 1 aliphatic heterocycles. The zero-order valence-corrected chi connectivity index (χ0v) is 9.35. The highest BCUT2D eigenvalue weighted by Gasteiger charge is 2.26. The van der Waals surface area contributed by atoms with Crippen molar-refractivity contribution in [2.75, 3.05) is 19.6 Å². The lowest BCUT2D eigenvalue weighted by atomic mass is 10.1. The number of nitrogens with zero attached hydrogens (tertiary/aromatic N) is 2. The molecule has 1 aromatic rings. The Kier molecular flexibility index (Phi) is 3.24. The highest BCUT2D eigenvalue weighted by molar-refractivity contribution is 5.69. The summed E-state index contributed by atoms with van der Waals surface area (Å²) in [6.45, 7) is 5.20. The highest BCUT2D eigenvalue weighted by Crippen LogP contribution is 2.26.